The molecule has 0 bridgehead atoms. The van der Waals surface area contributed by atoms with Crippen molar-refractivity contribution < 1.29 is 15.4 Å². The van der Waals surface area contributed by atoms with Gasteiger partial charge in [0, 0.05) is 24.8 Å². The molecule has 1 aromatic carbocycles. The van der Waals surface area contributed by atoms with E-state index < -0.39 is 0 Å². The van der Waals surface area contributed by atoms with Crippen molar-refractivity contribution in [3.05, 3.63) is 23.8 Å². The highest BCUT2D eigenvalue weighted by Crippen LogP contribution is 2.23. The number of hydrazine groups is 1. The summed E-state index contributed by atoms with van der Waals surface area (Å²) in [7, 11) is 0. The number of nitrogens with zero attached hydrogens (tertiary/aromatic N) is 1. The van der Waals surface area contributed by atoms with E-state index in [0.717, 1.165) is 18.8 Å². The Bertz CT molecular complexity index is 328. The first kappa shape index (κ1) is 17.8. The Hall–Kier alpha value is -1.63. The van der Waals surface area contributed by atoms with Gasteiger partial charge in [0.1, 0.15) is 5.75 Å². The van der Waals surface area contributed by atoms with E-state index in [1.54, 1.807) is 12.1 Å². The number of rotatable bonds is 4. The number of nitrogens with two attached hydrogens (primary N) is 2. The van der Waals surface area contributed by atoms with Crippen LogP contribution >= 0.6 is 0 Å². The minimum atomic E-state index is 0. The predicted octanol–water partition coefficient (Wildman–Crippen LogP) is 0.0450. The number of carbonyl (C=O) groups is 1. The summed E-state index contributed by atoms with van der Waals surface area (Å²) >= 11 is 0. The zero-order valence-electron chi connectivity index (χ0n) is 10.2. The molecule has 7 N–H and O–H groups in total. The molecule has 0 amide bonds. The normalized spacial score (nSPS) is 8.47. The monoisotopic (exact) mass is 243 g/mol. The highest BCUT2D eigenvalue weighted by molar-refractivity contribution is 5.80. The minimum absolute atomic E-state index is 0. The van der Waals surface area contributed by atoms with Crippen LogP contribution in [0.2, 0.25) is 0 Å². The van der Waals surface area contributed by atoms with E-state index in [0.29, 0.717) is 11.8 Å². The third-order valence-electron chi connectivity index (χ3n) is 2.27. The molecule has 0 spiro atoms. The van der Waals surface area contributed by atoms with Gasteiger partial charge in [-0.1, -0.05) is 0 Å². The average Bonchev–Trinajstić information content (AvgIpc) is 2.33. The van der Waals surface area contributed by atoms with Gasteiger partial charge in [-0.25, -0.2) is 0 Å². The maximum atomic E-state index is 10.5. The third kappa shape index (κ3) is 4.81. The van der Waals surface area contributed by atoms with Crippen molar-refractivity contribution in [1.29, 1.82) is 0 Å². The van der Waals surface area contributed by atoms with Crippen LogP contribution in [0.5, 0.6) is 5.75 Å². The van der Waals surface area contributed by atoms with Crippen molar-refractivity contribution in [2.45, 2.75) is 13.8 Å². The molecule has 0 aliphatic rings. The van der Waals surface area contributed by atoms with Gasteiger partial charge in [0.25, 0.3) is 0 Å². The lowest BCUT2D eigenvalue weighted by Gasteiger charge is -2.21. The van der Waals surface area contributed by atoms with Gasteiger partial charge in [0.15, 0.2) is 6.29 Å². The largest absolute Gasteiger partial charge is 0.507 e. The molecule has 0 aromatic heterocycles. The molecule has 0 atom stereocenters. The molecular formula is C11H21N3O3. The van der Waals surface area contributed by atoms with Crippen LogP contribution in [-0.2, 0) is 0 Å². The van der Waals surface area contributed by atoms with Crippen molar-refractivity contribution in [2.75, 3.05) is 18.0 Å². The van der Waals surface area contributed by atoms with Gasteiger partial charge in [-0.3, -0.25) is 16.5 Å². The van der Waals surface area contributed by atoms with Crippen LogP contribution in [0.3, 0.4) is 0 Å². The molecule has 0 unspecified atom stereocenters. The first-order chi connectivity index (χ1) is 7.72. The van der Waals surface area contributed by atoms with Crippen LogP contribution < -0.4 is 16.6 Å². The number of carbonyl (C=O) groups excluding carboxylic acids is 1. The van der Waals surface area contributed by atoms with Crippen LogP contribution in [-0.4, -0.2) is 30.0 Å². The maximum Gasteiger partial charge on any atom is 0.153 e. The Morgan fingerprint density at radius 1 is 1.29 bits per heavy atom. The van der Waals surface area contributed by atoms with E-state index in [1.807, 2.05) is 19.9 Å². The lowest BCUT2D eigenvalue weighted by molar-refractivity contribution is 0.112. The van der Waals surface area contributed by atoms with Crippen molar-refractivity contribution in [3.8, 4) is 5.75 Å². The summed E-state index contributed by atoms with van der Waals surface area (Å²) in [4.78, 5) is 12.6. The molecule has 0 aliphatic carbocycles. The predicted molar refractivity (Wildman–Crippen MR) is 69.0 cm³/mol. The third-order valence-corrected chi connectivity index (χ3v) is 2.27. The standard InChI is InChI=1S/C11H15NO2.H4N2.H2O/c1-3-12(4-2)10-6-5-9(8-13)11(14)7-10;1-2;/h5-8,14H,3-4H2,1-2H3;1-2H2;1H2. The first-order valence-electron chi connectivity index (χ1n) is 5.09. The molecule has 0 fully saturated rings. The Kier molecular flexibility index (Phi) is 10.0. The summed E-state index contributed by atoms with van der Waals surface area (Å²) < 4.78 is 0. The highest BCUT2D eigenvalue weighted by Gasteiger charge is 2.05. The number of anilines is 1. The Morgan fingerprint density at radius 3 is 2.18 bits per heavy atom. The van der Waals surface area contributed by atoms with E-state index in [2.05, 4.69) is 16.6 Å². The zero-order valence-corrected chi connectivity index (χ0v) is 10.2. The van der Waals surface area contributed by atoms with Crippen molar-refractivity contribution in [2.24, 2.45) is 11.7 Å². The molecule has 0 radical (unpaired) electrons. The zero-order chi connectivity index (χ0) is 12.6. The number of phenolic OH excluding ortho intramolecular Hbond substituents is 1. The molecule has 6 nitrogen and oxygen atoms in total. The van der Waals surface area contributed by atoms with E-state index in [9.17, 15) is 9.90 Å². The minimum Gasteiger partial charge on any atom is -0.507 e. The summed E-state index contributed by atoms with van der Waals surface area (Å²) in [6.07, 6.45) is 0.654. The smallest absolute Gasteiger partial charge is 0.153 e. The molecule has 0 aliphatic heterocycles. The van der Waals surface area contributed by atoms with Crippen LogP contribution in [0.1, 0.15) is 24.2 Å². The molecule has 1 rings (SSSR count). The summed E-state index contributed by atoms with van der Waals surface area (Å²) in [6.45, 7) is 5.87. The molecule has 98 valence electrons. The Morgan fingerprint density at radius 2 is 1.82 bits per heavy atom. The number of hydrogen-bond acceptors (Lipinski definition) is 5. The molecular weight excluding hydrogens is 222 g/mol. The van der Waals surface area contributed by atoms with Crippen LogP contribution in [0.15, 0.2) is 18.2 Å². The number of aldehydes is 1. The summed E-state index contributed by atoms with van der Waals surface area (Å²) in [5.41, 5.74) is 1.28. The molecule has 0 saturated heterocycles. The van der Waals surface area contributed by atoms with Crippen molar-refractivity contribution in [3.63, 3.8) is 0 Å². The van der Waals surface area contributed by atoms with Gasteiger partial charge in [-0.15, -0.1) is 0 Å². The summed E-state index contributed by atoms with van der Waals surface area (Å²) in [5.74, 6) is 8.05. The number of benzene rings is 1. The van der Waals surface area contributed by atoms with E-state index in [4.69, 9.17) is 0 Å². The van der Waals surface area contributed by atoms with Gasteiger partial charge < -0.3 is 15.5 Å². The van der Waals surface area contributed by atoms with Crippen LogP contribution in [0.4, 0.5) is 5.69 Å². The molecule has 0 heterocycles. The van der Waals surface area contributed by atoms with Gasteiger partial charge in [-0.05, 0) is 26.0 Å². The molecule has 0 saturated carbocycles. The molecule has 6 heteroatoms. The second-order valence-corrected chi connectivity index (χ2v) is 3.03. The lowest BCUT2D eigenvalue weighted by Crippen LogP contribution is -2.21. The second-order valence-electron chi connectivity index (χ2n) is 3.03. The van der Waals surface area contributed by atoms with Gasteiger partial charge in [-0.2, -0.15) is 0 Å². The summed E-state index contributed by atoms with van der Waals surface area (Å²) in [6, 6.07) is 5.10. The number of phenols is 1. The second kappa shape index (κ2) is 9.59. The first-order valence-corrected chi connectivity index (χ1v) is 5.09. The van der Waals surface area contributed by atoms with Crippen molar-refractivity contribution in [1.82, 2.24) is 0 Å². The van der Waals surface area contributed by atoms with Crippen LogP contribution in [0.25, 0.3) is 0 Å². The molecule has 17 heavy (non-hydrogen) atoms. The quantitative estimate of drug-likeness (QED) is 0.391. The van der Waals surface area contributed by atoms with E-state index in [1.165, 1.54) is 0 Å². The topological polar surface area (TPSA) is 124 Å². The van der Waals surface area contributed by atoms with E-state index >= 15 is 0 Å². The lowest BCUT2D eigenvalue weighted by atomic mass is 10.2. The van der Waals surface area contributed by atoms with Gasteiger partial charge in [0.05, 0.1) is 5.56 Å². The number of hydrogen-bond donors (Lipinski definition) is 3. The van der Waals surface area contributed by atoms with Gasteiger partial charge in [0.2, 0.25) is 0 Å². The van der Waals surface area contributed by atoms with Crippen LogP contribution in [0, 0.1) is 0 Å². The maximum absolute atomic E-state index is 10.5. The summed E-state index contributed by atoms with van der Waals surface area (Å²) in [5, 5.41) is 9.47. The van der Waals surface area contributed by atoms with E-state index in [-0.39, 0.29) is 11.2 Å². The highest BCUT2D eigenvalue weighted by atomic mass is 16.3. The average molecular weight is 243 g/mol. The fourth-order valence-electron chi connectivity index (χ4n) is 1.42. The SMILES string of the molecule is CCN(CC)c1ccc(C=O)c(O)c1.NN.O. The Balaban J connectivity index is 0. The molecule has 1 aromatic rings. The Labute approximate surface area is 101 Å². The fraction of sp³-hybridized carbons (Fsp3) is 0.364. The number of aromatic hydroxyl groups is 1. The van der Waals surface area contributed by atoms with Gasteiger partial charge >= 0.3 is 0 Å². The van der Waals surface area contributed by atoms with Crippen molar-refractivity contribution >= 4 is 12.0 Å². The fourth-order valence-corrected chi connectivity index (χ4v) is 1.42.